The third-order valence-corrected chi connectivity index (χ3v) is 5.05. The molecule has 4 aromatic heterocycles. The van der Waals surface area contributed by atoms with E-state index in [1.165, 1.54) is 12.1 Å². The quantitative estimate of drug-likeness (QED) is 0.433. The summed E-state index contributed by atoms with van der Waals surface area (Å²) < 4.78 is 14.9. The van der Waals surface area contributed by atoms with Gasteiger partial charge >= 0.3 is 0 Å². The average Bonchev–Trinajstić information content (AvgIpc) is 2.86. The van der Waals surface area contributed by atoms with E-state index in [2.05, 4.69) is 25.3 Å². The summed E-state index contributed by atoms with van der Waals surface area (Å²) in [5.41, 5.74) is 3.54. The van der Waals surface area contributed by atoms with Gasteiger partial charge in [-0.3, -0.25) is 24.3 Å². The van der Waals surface area contributed by atoms with Crippen molar-refractivity contribution in [3.8, 4) is 11.3 Å². The lowest BCUT2D eigenvalue weighted by atomic mass is 10.1. The minimum Gasteiger partial charge on any atom is -0.360 e. The van der Waals surface area contributed by atoms with Gasteiger partial charge in [-0.2, -0.15) is 0 Å². The van der Waals surface area contributed by atoms with Gasteiger partial charge in [-0.15, -0.1) is 0 Å². The minimum atomic E-state index is -0.325. The van der Waals surface area contributed by atoms with Crippen molar-refractivity contribution in [3.63, 3.8) is 0 Å². The summed E-state index contributed by atoms with van der Waals surface area (Å²) in [7, 11) is 0. The third kappa shape index (κ3) is 4.42. The molecule has 5 aromatic rings. The number of hydrogen-bond donors (Lipinski definition) is 1. The highest BCUT2D eigenvalue weighted by atomic mass is 19.1. The largest absolute Gasteiger partial charge is 0.360 e. The number of aromatic nitrogens is 6. The predicted molar refractivity (Wildman–Crippen MR) is 122 cm³/mol. The molecule has 1 N–H and O–H groups in total. The maximum absolute atomic E-state index is 13.4. The van der Waals surface area contributed by atoms with Crippen LogP contribution < -0.4 is 10.9 Å². The van der Waals surface area contributed by atoms with Crippen LogP contribution in [0, 0.1) is 5.82 Å². The van der Waals surface area contributed by atoms with Crippen molar-refractivity contribution >= 4 is 17.0 Å². The molecule has 0 aliphatic carbocycles. The van der Waals surface area contributed by atoms with Crippen molar-refractivity contribution in [3.05, 3.63) is 107 Å². The monoisotopic (exact) mass is 439 g/mol. The van der Waals surface area contributed by atoms with Gasteiger partial charge in [0.25, 0.3) is 5.56 Å². The molecule has 0 atom stereocenters. The molecule has 0 fully saturated rings. The van der Waals surface area contributed by atoms with E-state index in [-0.39, 0.29) is 23.7 Å². The van der Waals surface area contributed by atoms with E-state index in [0.29, 0.717) is 29.1 Å². The van der Waals surface area contributed by atoms with Crippen LogP contribution in [0.2, 0.25) is 0 Å². The van der Waals surface area contributed by atoms with Gasteiger partial charge in [0.05, 0.1) is 30.7 Å². The van der Waals surface area contributed by atoms with Crippen LogP contribution in [0.25, 0.3) is 22.4 Å². The molecule has 8 nitrogen and oxygen atoms in total. The van der Waals surface area contributed by atoms with Crippen LogP contribution in [0.5, 0.6) is 0 Å². The van der Waals surface area contributed by atoms with Gasteiger partial charge in [0, 0.05) is 30.4 Å². The molecule has 0 saturated carbocycles. The van der Waals surface area contributed by atoms with Gasteiger partial charge in [0.1, 0.15) is 11.3 Å². The molecule has 0 bridgehead atoms. The maximum Gasteiger partial charge on any atom is 0.295 e. The summed E-state index contributed by atoms with van der Waals surface area (Å²) in [6, 6.07) is 13.4. The van der Waals surface area contributed by atoms with Crippen molar-refractivity contribution in [2.24, 2.45) is 0 Å². The Labute approximate surface area is 187 Å². The number of hydrogen-bond acceptors (Lipinski definition) is 7. The van der Waals surface area contributed by atoms with Crippen LogP contribution >= 0.6 is 0 Å². The first-order valence-corrected chi connectivity index (χ1v) is 10.2. The summed E-state index contributed by atoms with van der Waals surface area (Å²) in [5, 5.41) is 3.07. The Balaban J connectivity index is 1.60. The first kappa shape index (κ1) is 20.4. The molecule has 9 heteroatoms. The van der Waals surface area contributed by atoms with Crippen molar-refractivity contribution in [2.45, 2.75) is 13.1 Å². The van der Waals surface area contributed by atoms with E-state index in [9.17, 15) is 9.18 Å². The summed E-state index contributed by atoms with van der Waals surface area (Å²) in [5.74, 6) is -0.137. The van der Waals surface area contributed by atoms with Crippen LogP contribution in [0.15, 0.2) is 84.3 Å². The molecule has 4 heterocycles. The number of fused-ring (bicyclic) bond motifs is 1. The topological polar surface area (TPSA) is 98.5 Å². The summed E-state index contributed by atoms with van der Waals surface area (Å²) >= 11 is 0. The van der Waals surface area contributed by atoms with E-state index in [1.54, 1.807) is 59.8 Å². The van der Waals surface area contributed by atoms with Gasteiger partial charge in [0.2, 0.25) is 0 Å². The molecule has 0 aliphatic heterocycles. The van der Waals surface area contributed by atoms with Gasteiger partial charge in [-0.25, -0.2) is 14.4 Å². The zero-order valence-electron chi connectivity index (χ0n) is 17.4. The zero-order chi connectivity index (χ0) is 22.6. The number of benzene rings is 1. The van der Waals surface area contributed by atoms with Crippen LogP contribution in [0.4, 0.5) is 10.2 Å². The second kappa shape index (κ2) is 8.91. The molecule has 1 aromatic carbocycles. The van der Waals surface area contributed by atoms with Gasteiger partial charge in [0.15, 0.2) is 11.5 Å². The van der Waals surface area contributed by atoms with Gasteiger partial charge in [-0.1, -0.05) is 6.07 Å². The number of halogens is 1. The lowest BCUT2D eigenvalue weighted by molar-refractivity contribution is 0.628. The molecule has 0 radical (unpaired) electrons. The Morgan fingerprint density at radius 2 is 1.76 bits per heavy atom. The fourth-order valence-corrected chi connectivity index (χ4v) is 3.43. The number of rotatable bonds is 6. The first-order valence-electron chi connectivity index (χ1n) is 10.2. The van der Waals surface area contributed by atoms with Crippen molar-refractivity contribution in [1.82, 2.24) is 29.5 Å². The van der Waals surface area contributed by atoms with Crippen LogP contribution in [0.3, 0.4) is 0 Å². The highest BCUT2D eigenvalue weighted by Gasteiger charge is 2.14. The SMILES string of the molecule is O=c1c(NCc2cnccn2)nc2ccc(-c3ccc(F)cc3)nc2n1Cc1cccnc1. The Morgan fingerprint density at radius 3 is 2.52 bits per heavy atom. The number of pyridine rings is 2. The second-order valence-electron chi connectivity index (χ2n) is 7.31. The van der Waals surface area contributed by atoms with E-state index >= 15 is 0 Å². The number of nitrogens with one attached hydrogen (secondary N) is 1. The Hall–Kier alpha value is -4.53. The van der Waals surface area contributed by atoms with Crippen molar-refractivity contribution in [1.29, 1.82) is 0 Å². The van der Waals surface area contributed by atoms with Crippen LogP contribution in [-0.2, 0) is 13.1 Å². The fraction of sp³-hybridized carbons (Fsp3) is 0.0833. The Morgan fingerprint density at radius 1 is 0.909 bits per heavy atom. The normalized spacial score (nSPS) is 10.9. The summed E-state index contributed by atoms with van der Waals surface area (Å²) in [6.07, 6.45) is 8.18. The molecule has 0 spiro atoms. The van der Waals surface area contributed by atoms with Crippen LogP contribution in [-0.4, -0.2) is 29.5 Å². The molecule has 0 aliphatic rings. The molecule has 5 rings (SSSR count). The third-order valence-electron chi connectivity index (χ3n) is 5.05. The summed E-state index contributed by atoms with van der Waals surface area (Å²) in [4.78, 5) is 35.0. The highest BCUT2D eigenvalue weighted by molar-refractivity contribution is 5.76. The molecule has 0 amide bonds. The number of anilines is 1. The lowest BCUT2D eigenvalue weighted by Gasteiger charge is -2.13. The fourth-order valence-electron chi connectivity index (χ4n) is 3.43. The van der Waals surface area contributed by atoms with Crippen molar-refractivity contribution in [2.75, 3.05) is 5.32 Å². The van der Waals surface area contributed by atoms with E-state index in [0.717, 1.165) is 11.1 Å². The number of nitrogens with zero attached hydrogens (tertiary/aromatic N) is 6. The standard InChI is InChI=1S/C24H18FN7O/c25-18-5-3-17(4-6-18)20-7-8-21-23(31-20)32(15-16-2-1-9-26-12-16)24(33)22(30-21)29-14-19-13-27-10-11-28-19/h1-13H,14-15H2,(H,29,30). The Bertz CT molecular complexity index is 1460. The molecular formula is C24H18FN7O. The molecule has 0 saturated heterocycles. The summed E-state index contributed by atoms with van der Waals surface area (Å²) in [6.45, 7) is 0.570. The minimum absolute atomic E-state index is 0.188. The van der Waals surface area contributed by atoms with E-state index in [1.807, 2.05) is 12.1 Å². The first-order chi connectivity index (χ1) is 16.2. The van der Waals surface area contributed by atoms with Gasteiger partial charge < -0.3 is 5.32 Å². The molecule has 162 valence electrons. The molecule has 33 heavy (non-hydrogen) atoms. The molecular weight excluding hydrogens is 421 g/mol. The smallest absolute Gasteiger partial charge is 0.295 e. The zero-order valence-corrected chi connectivity index (χ0v) is 17.4. The average molecular weight is 439 g/mol. The van der Waals surface area contributed by atoms with Crippen LogP contribution in [0.1, 0.15) is 11.3 Å². The second-order valence-corrected chi connectivity index (χ2v) is 7.31. The Kier molecular flexibility index (Phi) is 5.50. The maximum atomic E-state index is 13.4. The van der Waals surface area contributed by atoms with E-state index in [4.69, 9.17) is 4.98 Å². The van der Waals surface area contributed by atoms with Gasteiger partial charge in [-0.05, 0) is 48.0 Å². The lowest BCUT2D eigenvalue weighted by Crippen LogP contribution is -2.26. The molecule has 0 unspecified atom stereocenters. The predicted octanol–water partition coefficient (Wildman–Crippen LogP) is 3.44. The highest BCUT2D eigenvalue weighted by Crippen LogP contribution is 2.21. The van der Waals surface area contributed by atoms with E-state index < -0.39 is 0 Å². The van der Waals surface area contributed by atoms with Crippen molar-refractivity contribution < 1.29 is 4.39 Å².